The van der Waals surface area contributed by atoms with Crippen molar-refractivity contribution in [3.63, 3.8) is 0 Å². The molecule has 0 aliphatic carbocycles. The minimum atomic E-state index is -4.72. The lowest BCUT2D eigenvalue weighted by atomic mass is 10.1. The molecule has 4 N–H and O–H groups in total. The number of rotatable bonds is 6. The number of hydrogen-bond acceptors (Lipinski definition) is 6. The second-order valence-corrected chi connectivity index (χ2v) is 6.67. The molecule has 3 aromatic rings. The number of phenols is 1. The lowest BCUT2D eigenvalue weighted by Gasteiger charge is -2.13. The fraction of sp³-hybridized carbons (Fsp3) is 0.190. The second kappa shape index (κ2) is 9.00. The van der Waals surface area contributed by atoms with Gasteiger partial charge in [-0.25, -0.2) is 4.98 Å². The molecule has 0 atom stereocenters. The van der Waals surface area contributed by atoms with Gasteiger partial charge in [0.2, 0.25) is 5.75 Å². The van der Waals surface area contributed by atoms with Gasteiger partial charge in [0.05, 0.1) is 12.7 Å². The van der Waals surface area contributed by atoms with Crippen molar-refractivity contribution >= 4 is 5.91 Å². The Balaban J connectivity index is 1.84. The highest BCUT2D eigenvalue weighted by atomic mass is 19.4. The van der Waals surface area contributed by atoms with Crippen LogP contribution >= 0.6 is 0 Å². The van der Waals surface area contributed by atoms with Crippen molar-refractivity contribution in [1.82, 2.24) is 15.3 Å². The maximum Gasteiger partial charge on any atom is 0.417 e. The average Bonchev–Trinajstić information content (AvgIpc) is 2.76. The highest BCUT2D eigenvalue weighted by Gasteiger charge is 2.34. The van der Waals surface area contributed by atoms with Crippen LogP contribution in [0.1, 0.15) is 21.6 Å². The molecule has 0 fully saturated rings. The summed E-state index contributed by atoms with van der Waals surface area (Å²) in [5, 5.41) is 22.0. The molecule has 0 radical (unpaired) electrons. The molecule has 0 saturated carbocycles. The van der Waals surface area contributed by atoms with Crippen LogP contribution < -0.4 is 15.6 Å². The van der Waals surface area contributed by atoms with E-state index in [0.717, 1.165) is 12.1 Å². The molecule has 32 heavy (non-hydrogen) atoms. The maximum atomic E-state index is 13.3. The minimum absolute atomic E-state index is 0.0507. The van der Waals surface area contributed by atoms with Crippen LogP contribution in [-0.2, 0) is 12.6 Å². The Bertz CT molecular complexity index is 1210. The smallest absolute Gasteiger partial charge is 0.417 e. The summed E-state index contributed by atoms with van der Waals surface area (Å²) in [6.45, 7) is 0.0507. The second-order valence-electron chi connectivity index (χ2n) is 6.67. The van der Waals surface area contributed by atoms with Crippen molar-refractivity contribution in [3.8, 4) is 28.6 Å². The Kier molecular flexibility index (Phi) is 6.37. The third-order valence-electron chi connectivity index (χ3n) is 4.54. The number of carbonyl (C=O) groups is 1. The topological polar surface area (TPSA) is 125 Å². The fourth-order valence-corrected chi connectivity index (χ4v) is 2.97. The van der Waals surface area contributed by atoms with Crippen LogP contribution in [0.2, 0.25) is 0 Å². The third-order valence-corrected chi connectivity index (χ3v) is 4.54. The van der Waals surface area contributed by atoms with Gasteiger partial charge < -0.3 is 25.3 Å². The van der Waals surface area contributed by atoms with Crippen molar-refractivity contribution in [3.05, 3.63) is 69.6 Å². The summed E-state index contributed by atoms with van der Waals surface area (Å²) in [7, 11) is 1.39. The van der Waals surface area contributed by atoms with Gasteiger partial charge in [-0.1, -0.05) is 24.3 Å². The SMILES string of the molecule is COc1cc(CCNC(=O)c2nc(-c3ccccc3C(F)(F)F)[nH]c(=O)c2O)ccc1O. The number of benzene rings is 2. The van der Waals surface area contributed by atoms with Gasteiger partial charge in [0.25, 0.3) is 11.5 Å². The lowest BCUT2D eigenvalue weighted by Crippen LogP contribution is -2.28. The minimum Gasteiger partial charge on any atom is -0.504 e. The molecule has 1 heterocycles. The normalized spacial score (nSPS) is 11.2. The highest BCUT2D eigenvalue weighted by Crippen LogP contribution is 2.35. The van der Waals surface area contributed by atoms with E-state index < -0.39 is 46.0 Å². The first-order valence-corrected chi connectivity index (χ1v) is 9.25. The first-order chi connectivity index (χ1) is 15.1. The molecule has 0 unspecified atom stereocenters. The number of aromatic amines is 1. The number of amides is 1. The number of nitrogens with zero attached hydrogens (tertiary/aromatic N) is 1. The first kappa shape index (κ1) is 22.7. The Morgan fingerprint density at radius 1 is 1.19 bits per heavy atom. The zero-order valence-corrected chi connectivity index (χ0v) is 16.7. The molecule has 0 bridgehead atoms. The van der Waals surface area contributed by atoms with E-state index in [2.05, 4.69) is 15.3 Å². The van der Waals surface area contributed by atoms with E-state index in [-0.39, 0.29) is 18.0 Å². The number of ether oxygens (including phenoxy) is 1. The van der Waals surface area contributed by atoms with Gasteiger partial charge in [-0.15, -0.1) is 0 Å². The quantitative estimate of drug-likeness (QED) is 0.459. The van der Waals surface area contributed by atoms with Crippen LogP contribution in [0, 0.1) is 0 Å². The standard InChI is InChI=1S/C21H18F3N3O5/c1-32-15-10-11(6-7-14(15)28)8-9-25-19(30)16-17(29)20(31)27-18(26-16)12-4-2-3-5-13(12)21(22,23)24/h2-7,10,28-29H,8-9H2,1H3,(H,25,30)(H,26,27,31). The summed E-state index contributed by atoms with van der Waals surface area (Å²) in [4.78, 5) is 30.4. The molecule has 0 saturated heterocycles. The van der Waals surface area contributed by atoms with E-state index in [0.29, 0.717) is 12.0 Å². The van der Waals surface area contributed by atoms with Gasteiger partial charge in [-0.3, -0.25) is 9.59 Å². The summed E-state index contributed by atoms with van der Waals surface area (Å²) < 4.78 is 44.9. The highest BCUT2D eigenvalue weighted by molar-refractivity contribution is 5.95. The van der Waals surface area contributed by atoms with E-state index >= 15 is 0 Å². The van der Waals surface area contributed by atoms with Gasteiger partial charge in [-0.05, 0) is 30.2 Å². The third kappa shape index (κ3) is 4.82. The molecule has 1 aromatic heterocycles. The van der Waals surface area contributed by atoms with E-state index in [1.54, 1.807) is 12.1 Å². The van der Waals surface area contributed by atoms with E-state index in [9.17, 15) is 33.0 Å². The number of aromatic nitrogens is 2. The van der Waals surface area contributed by atoms with Gasteiger partial charge in [0, 0.05) is 12.1 Å². The number of aromatic hydroxyl groups is 2. The van der Waals surface area contributed by atoms with Gasteiger partial charge in [0.1, 0.15) is 5.82 Å². The number of methoxy groups -OCH3 is 1. The molecule has 0 spiro atoms. The van der Waals surface area contributed by atoms with E-state index in [4.69, 9.17) is 4.74 Å². The van der Waals surface area contributed by atoms with Crippen molar-refractivity contribution in [2.45, 2.75) is 12.6 Å². The molecule has 11 heteroatoms. The monoisotopic (exact) mass is 449 g/mol. The Hall–Kier alpha value is -4.02. The van der Waals surface area contributed by atoms with Crippen LogP contribution in [0.15, 0.2) is 47.3 Å². The molecule has 0 aliphatic heterocycles. The van der Waals surface area contributed by atoms with Crippen LogP contribution in [0.3, 0.4) is 0 Å². The number of hydrogen-bond donors (Lipinski definition) is 4. The molecule has 2 aromatic carbocycles. The number of carbonyl (C=O) groups excluding carboxylic acids is 1. The Labute approximate surface area is 179 Å². The average molecular weight is 449 g/mol. The van der Waals surface area contributed by atoms with Gasteiger partial charge >= 0.3 is 6.18 Å². The Morgan fingerprint density at radius 3 is 2.59 bits per heavy atom. The number of phenolic OH excluding ortho intramolecular Hbond substituents is 1. The predicted octanol–water partition coefficient (Wildman–Crippen LogP) is 2.85. The summed E-state index contributed by atoms with van der Waals surface area (Å²) in [6.07, 6.45) is -4.42. The molecule has 1 amide bonds. The van der Waals surface area contributed by atoms with Crippen LogP contribution in [0.25, 0.3) is 11.4 Å². The summed E-state index contributed by atoms with van der Waals surface area (Å²) in [5.74, 6) is -2.26. The largest absolute Gasteiger partial charge is 0.504 e. The molecular weight excluding hydrogens is 431 g/mol. The lowest BCUT2D eigenvalue weighted by molar-refractivity contribution is -0.137. The number of H-pyrrole nitrogens is 1. The van der Waals surface area contributed by atoms with Crippen LogP contribution in [0.4, 0.5) is 13.2 Å². The summed E-state index contributed by atoms with van der Waals surface area (Å²) in [5.41, 5.74) is -2.64. The molecule has 0 aliphatic rings. The summed E-state index contributed by atoms with van der Waals surface area (Å²) in [6, 6.07) is 9.01. The van der Waals surface area contributed by atoms with Gasteiger partial charge in [-0.2, -0.15) is 13.2 Å². The van der Waals surface area contributed by atoms with Crippen molar-refractivity contribution in [2.24, 2.45) is 0 Å². The van der Waals surface area contributed by atoms with Crippen molar-refractivity contribution in [2.75, 3.05) is 13.7 Å². The summed E-state index contributed by atoms with van der Waals surface area (Å²) >= 11 is 0. The zero-order chi connectivity index (χ0) is 23.5. The zero-order valence-electron chi connectivity index (χ0n) is 16.7. The number of alkyl halides is 3. The van der Waals surface area contributed by atoms with E-state index in [1.165, 1.54) is 25.3 Å². The van der Waals surface area contributed by atoms with Crippen molar-refractivity contribution in [1.29, 1.82) is 0 Å². The van der Waals surface area contributed by atoms with Crippen LogP contribution in [0.5, 0.6) is 17.2 Å². The molecule has 8 nitrogen and oxygen atoms in total. The molecule has 168 valence electrons. The first-order valence-electron chi connectivity index (χ1n) is 9.25. The van der Waals surface area contributed by atoms with E-state index in [1.807, 2.05) is 0 Å². The Morgan fingerprint density at radius 2 is 1.91 bits per heavy atom. The fourth-order valence-electron chi connectivity index (χ4n) is 2.97. The predicted molar refractivity (Wildman–Crippen MR) is 108 cm³/mol. The van der Waals surface area contributed by atoms with Crippen molar-refractivity contribution < 1.29 is 32.9 Å². The maximum absolute atomic E-state index is 13.3. The van der Waals surface area contributed by atoms with Crippen LogP contribution in [-0.4, -0.2) is 39.7 Å². The number of halogens is 3. The number of nitrogens with one attached hydrogen (secondary N) is 2. The molecular formula is C21H18F3N3O5. The molecule has 3 rings (SSSR count). The van der Waals surface area contributed by atoms with Gasteiger partial charge in [0.15, 0.2) is 17.2 Å².